The summed E-state index contributed by atoms with van der Waals surface area (Å²) >= 11 is 0. The molecule has 0 saturated heterocycles. The Hall–Kier alpha value is -3.07. The SMILES string of the molecule is CCCOC1Cn2cc(C(=O)NCc3ccc(F)cc3F)c(=O)c(O)c2C(=O)C1(C)C. The Morgan fingerprint density at radius 3 is 2.68 bits per heavy atom. The van der Waals surface area contributed by atoms with Crippen LogP contribution in [-0.2, 0) is 17.8 Å². The van der Waals surface area contributed by atoms with Crippen LogP contribution in [-0.4, -0.2) is 34.1 Å². The number of benzene rings is 1. The van der Waals surface area contributed by atoms with Gasteiger partial charge in [-0.2, -0.15) is 0 Å². The molecule has 2 N–H and O–H groups in total. The van der Waals surface area contributed by atoms with Gasteiger partial charge in [0.1, 0.15) is 22.9 Å². The lowest BCUT2D eigenvalue weighted by Gasteiger charge is -2.39. The van der Waals surface area contributed by atoms with Gasteiger partial charge in [0.15, 0.2) is 11.5 Å². The number of fused-ring (bicyclic) bond motifs is 1. The first-order valence-corrected chi connectivity index (χ1v) is 9.92. The van der Waals surface area contributed by atoms with Crippen LogP contribution in [0.4, 0.5) is 8.78 Å². The lowest BCUT2D eigenvalue weighted by molar-refractivity contribution is -0.0327. The number of ether oxygens (including phenoxy) is 1. The van der Waals surface area contributed by atoms with E-state index in [-0.39, 0.29) is 24.3 Å². The van der Waals surface area contributed by atoms with Crippen LogP contribution in [0.3, 0.4) is 0 Å². The summed E-state index contributed by atoms with van der Waals surface area (Å²) in [5.74, 6) is -3.73. The van der Waals surface area contributed by atoms with Gasteiger partial charge in [0.05, 0.1) is 18.1 Å². The Kier molecular flexibility index (Phi) is 6.26. The van der Waals surface area contributed by atoms with Crippen LogP contribution < -0.4 is 10.7 Å². The van der Waals surface area contributed by atoms with E-state index >= 15 is 0 Å². The summed E-state index contributed by atoms with van der Waals surface area (Å²) < 4.78 is 34.0. The molecule has 3 rings (SSSR count). The van der Waals surface area contributed by atoms with Crippen molar-refractivity contribution in [2.24, 2.45) is 5.41 Å². The molecule has 0 bridgehead atoms. The third-order valence-corrected chi connectivity index (χ3v) is 5.45. The number of amides is 1. The largest absolute Gasteiger partial charge is 0.503 e. The maximum Gasteiger partial charge on any atom is 0.257 e. The van der Waals surface area contributed by atoms with Gasteiger partial charge in [0, 0.05) is 31.0 Å². The Morgan fingerprint density at radius 1 is 1.32 bits per heavy atom. The van der Waals surface area contributed by atoms with Crippen LogP contribution in [0.1, 0.15) is 53.6 Å². The molecule has 2 aromatic rings. The topological polar surface area (TPSA) is 97.6 Å². The van der Waals surface area contributed by atoms with Crippen LogP contribution >= 0.6 is 0 Å². The number of halogens is 2. The second kappa shape index (κ2) is 8.58. The molecular weight excluding hydrogens is 410 g/mol. The fourth-order valence-corrected chi connectivity index (χ4v) is 3.51. The van der Waals surface area contributed by atoms with Crippen molar-refractivity contribution >= 4 is 11.7 Å². The number of carbonyl (C=O) groups excluding carboxylic acids is 2. The van der Waals surface area contributed by atoms with Crippen molar-refractivity contribution in [3.63, 3.8) is 0 Å². The van der Waals surface area contributed by atoms with Gasteiger partial charge in [-0.3, -0.25) is 14.4 Å². The first-order chi connectivity index (χ1) is 14.6. The number of aromatic nitrogens is 1. The van der Waals surface area contributed by atoms with E-state index in [1.54, 1.807) is 13.8 Å². The Bertz CT molecular complexity index is 1090. The summed E-state index contributed by atoms with van der Waals surface area (Å²) in [6.45, 7) is 5.60. The second-order valence-electron chi connectivity index (χ2n) is 8.05. The average Bonchev–Trinajstić information content (AvgIpc) is 2.71. The zero-order chi connectivity index (χ0) is 22.9. The van der Waals surface area contributed by atoms with E-state index in [2.05, 4.69) is 5.32 Å². The molecule has 0 radical (unpaired) electrons. The number of rotatable bonds is 6. The molecule has 0 aliphatic carbocycles. The molecule has 1 unspecified atom stereocenters. The normalized spacial score (nSPS) is 17.3. The highest BCUT2D eigenvalue weighted by Crippen LogP contribution is 2.36. The smallest absolute Gasteiger partial charge is 0.257 e. The molecule has 1 atom stereocenters. The van der Waals surface area contributed by atoms with Crippen LogP contribution in [0.25, 0.3) is 0 Å². The number of aromatic hydroxyl groups is 1. The van der Waals surface area contributed by atoms with Crippen molar-refractivity contribution in [1.82, 2.24) is 9.88 Å². The summed E-state index contributed by atoms with van der Waals surface area (Å²) in [4.78, 5) is 38.1. The summed E-state index contributed by atoms with van der Waals surface area (Å²) in [5, 5.41) is 12.8. The van der Waals surface area contributed by atoms with Crippen molar-refractivity contribution in [2.45, 2.75) is 46.4 Å². The molecule has 1 aromatic heterocycles. The van der Waals surface area contributed by atoms with Crippen LogP contribution in [0.2, 0.25) is 0 Å². The van der Waals surface area contributed by atoms with Crippen LogP contribution in [0.5, 0.6) is 5.75 Å². The molecule has 1 aliphatic rings. The van der Waals surface area contributed by atoms with Crippen LogP contribution in [0.15, 0.2) is 29.2 Å². The van der Waals surface area contributed by atoms with E-state index in [0.717, 1.165) is 12.5 Å². The molecule has 9 heteroatoms. The molecule has 31 heavy (non-hydrogen) atoms. The van der Waals surface area contributed by atoms with E-state index < -0.39 is 51.6 Å². The molecule has 7 nitrogen and oxygen atoms in total. The average molecular weight is 434 g/mol. The van der Waals surface area contributed by atoms with Gasteiger partial charge in [0.2, 0.25) is 5.43 Å². The number of carbonyl (C=O) groups is 2. The third-order valence-electron chi connectivity index (χ3n) is 5.45. The maximum atomic E-state index is 13.8. The lowest BCUT2D eigenvalue weighted by atomic mass is 9.77. The molecular formula is C22H24F2N2O5. The highest BCUT2D eigenvalue weighted by atomic mass is 19.1. The van der Waals surface area contributed by atoms with Gasteiger partial charge in [-0.05, 0) is 26.3 Å². The fourth-order valence-electron chi connectivity index (χ4n) is 3.51. The van der Waals surface area contributed by atoms with E-state index in [1.807, 2.05) is 6.92 Å². The number of ketones is 1. The molecule has 0 saturated carbocycles. The van der Waals surface area contributed by atoms with Gasteiger partial charge >= 0.3 is 0 Å². The number of nitrogens with one attached hydrogen (secondary N) is 1. The van der Waals surface area contributed by atoms with Crippen molar-refractivity contribution in [3.05, 3.63) is 63.1 Å². The lowest BCUT2D eigenvalue weighted by Crippen LogP contribution is -2.48. The van der Waals surface area contributed by atoms with Gasteiger partial charge in [-0.25, -0.2) is 8.78 Å². The minimum atomic E-state index is -1.000. The third kappa shape index (κ3) is 4.23. The van der Waals surface area contributed by atoms with E-state index in [9.17, 15) is 28.3 Å². The van der Waals surface area contributed by atoms with Crippen molar-refractivity contribution in [1.29, 1.82) is 0 Å². The fraction of sp³-hybridized carbons (Fsp3) is 0.409. The number of hydrogen-bond acceptors (Lipinski definition) is 5. The summed E-state index contributed by atoms with van der Waals surface area (Å²) in [6.07, 6.45) is 1.43. The first kappa shape index (κ1) is 22.6. The Balaban J connectivity index is 1.91. The standard InChI is InChI=1S/C22H24F2N2O5/c1-4-7-31-16-11-26-10-14(18(27)19(28)17(26)20(29)22(16,2)3)21(30)25-9-12-5-6-13(23)8-15(12)24/h5-6,8,10,16,28H,4,7,9,11H2,1-3H3,(H,25,30). The quantitative estimate of drug-likeness (QED) is 0.729. The zero-order valence-electron chi connectivity index (χ0n) is 17.5. The second-order valence-corrected chi connectivity index (χ2v) is 8.05. The Labute approximate surface area is 177 Å². The molecule has 1 aliphatic heterocycles. The summed E-state index contributed by atoms with van der Waals surface area (Å²) in [5.41, 5.74) is -2.51. The van der Waals surface area contributed by atoms with Crippen molar-refractivity contribution < 1.29 is 28.2 Å². The zero-order valence-corrected chi connectivity index (χ0v) is 17.5. The minimum absolute atomic E-state index is 0.0296. The van der Waals surface area contributed by atoms with E-state index in [1.165, 1.54) is 16.8 Å². The molecule has 0 fully saturated rings. The summed E-state index contributed by atoms with van der Waals surface area (Å²) in [7, 11) is 0. The van der Waals surface area contributed by atoms with Crippen LogP contribution in [0, 0.1) is 17.0 Å². The first-order valence-electron chi connectivity index (χ1n) is 9.92. The van der Waals surface area contributed by atoms with Gasteiger partial charge in [0.25, 0.3) is 5.91 Å². The summed E-state index contributed by atoms with van der Waals surface area (Å²) in [6, 6.07) is 2.91. The predicted molar refractivity (Wildman–Crippen MR) is 108 cm³/mol. The minimum Gasteiger partial charge on any atom is -0.503 e. The molecule has 166 valence electrons. The molecule has 1 aromatic carbocycles. The highest BCUT2D eigenvalue weighted by Gasteiger charge is 2.45. The monoisotopic (exact) mass is 434 g/mol. The Morgan fingerprint density at radius 2 is 2.03 bits per heavy atom. The van der Waals surface area contributed by atoms with E-state index in [4.69, 9.17) is 4.74 Å². The molecule has 0 spiro atoms. The number of pyridine rings is 1. The molecule has 2 heterocycles. The number of hydrogen-bond donors (Lipinski definition) is 2. The van der Waals surface area contributed by atoms with Crippen molar-refractivity contribution in [3.8, 4) is 5.75 Å². The van der Waals surface area contributed by atoms with Gasteiger partial charge in [-0.1, -0.05) is 13.0 Å². The number of nitrogens with zero attached hydrogens (tertiary/aromatic N) is 1. The van der Waals surface area contributed by atoms with Crippen molar-refractivity contribution in [2.75, 3.05) is 6.61 Å². The van der Waals surface area contributed by atoms with Gasteiger partial charge < -0.3 is 19.7 Å². The molecule has 1 amide bonds. The van der Waals surface area contributed by atoms with Gasteiger partial charge in [-0.15, -0.1) is 0 Å². The number of Topliss-reactive ketones (excluding diaryl/α,β-unsaturated/α-hetero) is 1. The van der Waals surface area contributed by atoms with E-state index in [0.29, 0.717) is 12.7 Å². The maximum absolute atomic E-state index is 13.8. The predicted octanol–water partition coefficient (Wildman–Crippen LogP) is 2.78. The highest BCUT2D eigenvalue weighted by molar-refractivity contribution is 6.03.